The van der Waals surface area contributed by atoms with Gasteiger partial charge in [0, 0.05) is 6.54 Å². The molecule has 6 heteroatoms. The van der Waals surface area contributed by atoms with Crippen LogP contribution in [-0.2, 0) is 14.3 Å². The summed E-state index contributed by atoms with van der Waals surface area (Å²) in [6.07, 6.45) is 0. The molecule has 0 saturated carbocycles. The van der Waals surface area contributed by atoms with Gasteiger partial charge in [-0.15, -0.1) is 0 Å². The van der Waals surface area contributed by atoms with Gasteiger partial charge >= 0.3 is 0 Å². The van der Waals surface area contributed by atoms with Crippen molar-refractivity contribution in [2.24, 2.45) is 17.4 Å². The van der Waals surface area contributed by atoms with Gasteiger partial charge in [0.2, 0.25) is 11.8 Å². The number of carbonyl (C=O) groups excluding carboxylic acids is 2. The largest absolute Gasteiger partial charge is 0.370 e. The molecule has 1 unspecified atom stereocenters. The smallest absolute Gasteiger partial charge is 0.246 e. The lowest BCUT2D eigenvalue weighted by molar-refractivity contribution is -0.131. The first-order valence-corrected chi connectivity index (χ1v) is 4.85. The van der Waals surface area contributed by atoms with Crippen molar-refractivity contribution < 1.29 is 14.3 Å². The lowest BCUT2D eigenvalue weighted by Gasteiger charge is -2.18. The van der Waals surface area contributed by atoms with Crippen LogP contribution >= 0.6 is 0 Å². The number of primary amides is 1. The molecular weight excluding hydrogens is 198 g/mol. The van der Waals surface area contributed by atoms with E-state index < -0.39 is 11.9 Å². The maximum absolute atomic E-state index is 11.3. The van der Waals surface area contributed by atoms with E-state index in [2.05, 4.69) is 5.32 Å². The molecule has 0 saturated heterocycles. The van der Waals surface area contributed by atoms with E-state index in [1.807, 2.05) is 0 Å². The van der Waals surface area contributed by atoms with Crippen molar-refractivity contribution in [1.82, 2.24) is 5.32 Å². The highest BCUT2D eigenvalue weighted by molar-refractivity contribution is 5.87. The second kappa shape index (κ2) is 7.19. The van der Waals surface area contributed by atoms with Crippen molar-refractivity contribution in [2.45, 2.75) is 19.9 Å². The maximum Gasteiger partial charge on any atom is 0.246 e. The molecule has 0 fully saturated rings. The highest BCUT2D eigenvalue weighted by Gasteiger charge is 2.21. The van der Waals surface area contributed by atoms with Gasteiger partial charge in [0.25, 0.3) is 0 Å². The Morgan fingerprint density at radius 3 is 2.40 bits per heavy atom. The zero-order valence-corrected chi connectivity index (χ0v) is 9.16. The third kappa shape index (κ3) is 6.03. The van der Waals surface area contributed by atoms with Gasteiger partial charge < -0.3 is 21.5 Å². The Morgan fingerprint density at radius 2 is 2.00 bits per heavy atom. The predicted molar refractivity (Wildman–Crippen MR) is 55.8 cm³/mol. The van der Waals surface area contributed by atoms with Crippen LogP contribution in [0.5, 0.6) is 0 Å². The Hall–Kier alpha value is -1.14. The minimum Gasteiger partial charge on any atom is -0.370 e. The number of hydrogen-bond donors (Lipinski definition) is 3. The fourth-order valence-electron chi connectivity index (χ4n) is 1.03. The lowest BCUT2D eigenvalue weighted by atomic mass is 10.0. The fourth-order valence-corrected chi connectivity index (χ4v) is 1.03. The van der Waals surface area contributed by atoms with E-state index >= 15 is 0 Å². The van der Waals surface area contributed by atoms with Crippen LogP contribution in [0.4, 0.5) is 0 Å². The van der Waals surface area contributed by atoms with Gasteiger partial charge in [-0.3, -0.25) is 9.59 Å². The number of nitrogens with two attached hydrogens (primary N) is 2. The average molecular weight is 217 g/mol. The minimum absolute atomic E-state index is 0.0408. The molecule has 0 aliphatic heterocycles. The summed E-state index contributed by atoms with van der Waals surface area (Å²) in [6, 6.07) is -0.654. The number of amides is 2. The van der Waals surface area contributed by atoms with Gasteiger partial charge in [0.15, 0.2) is 0 Å². The number of carbonyl (C=O) groups is 2. The molecule has 0 aromatic carbocycles. The van der Waals surface area contributed by atoms with Gasteiger partial charge in [-0.2, -0.15) is 0 Å². The molecule has 5 N–H and O–H groups in total. The minimum atomic E-state index is -0.654. The standard InChI is InChI=1S/C9H19N3O3/c1-6(2)8(9(11)14)12-7(13)5-15-4-3-10/h6,8H,3-5,10H2,1-2H3,(H2,11,14)(H,12,13). The zero-order valence-electron chi connectivity index (χ0n) is 9.16. The van der Waals surface area contributed by atoms with E-state index in [9.17, 15) is 9.59 Å². The van der Waals surface area contributed by atoms with Crippen LogP contribution in [0.15, 0.2) is 0 Å². The van der Waals surface area contributed by atoms with Crippen molar-refractivity contribution in [1.29, 1.82) is 0 Å². The van der Waals surface area contributed by atoms with Gasteiger partial charge in [0.1, 0.15) is 12.6 Å². The Balaban J connectivity index is 3.95. The van der Waals surface area contributed by atoms with E-state index in [1.54, 1.807) is 13.8 Å². The summed E-state index contributed by atoms with van der Waals surface area (Å²) in [5.41, 5.74) is 10.3. The molecule has 0 spiro atoms. The van der Waals surface area contributed by atoms with Crippen LogP contribution in [-0.4, -0.2) is 37.6 Å². The summed E-state index contributed by atoms with van der Waals surface area (Å²) < 4.78 is 4.92. The molecule has 0 aliphatic carbocycles. The van der Waals surface area contributed by atoms with Crippen LogP contribution in [0.25, 0.3) is 0 Å². The van der Waals surface area contributed by atoms with Crippen molar-refractivity contribution in [3.05, 3.63) is 0 Å². The molecule has 88 valence electrons. The van der Waals surface area contributed by atoms with Crippen LogP contribution in [0.1, 0.15) is 13.8 Å². The molecule has 0 aromatic rings. The second-order valence-corrected chi connectivity index (χ2v) is 3.53. The molecule has 0 aromatic heterocycles. The highest BCUT2D eigenvalue weighted by atomic mass is 16.5. The van der Waals surface area contributed by atoms with E-state index in [0.29, 0.717) is 13.2 Å². The monoisotopic (exact) mass is 217 g/mol. The summed E-state index contributed by atoms with van der Waals surface area (Å²) in [7, 11) is 0. The summed E-state index contributed by atoms with van der Waals surface area (Å²) in [5, 5.41) is 2.50. The Bertz CT molecular complexity index is 219. The van der Waals surface area contributed by atoms with Crippen molar-refractivity contribution in [3.63, 3.8) is 0 Å². The molecular formula is C9H19N3O3. The molecule has 0 bridgehead atoms. The van der Waals surface area contributed by atoms with Gasteiger partial charge in [-0.1, -0.05) is 13.8 Å². The first-order valence-electron chi connectivity index (χ1n) is 4.85. The molecule has 15 heavy (non-hydrogen) atoms. The van der Waals surface area contributed by atoms with E-state index in [-0.39, 0.29) is 18.4 Å². The lowest BCUT2D eigenvalue weighted by Crippen LogP contribution is -2.48. The number of nitrogens with one attached hydrogen (secondary N) is 1. The van der Waals surface area contributed by atoms with Crippen molar-refractivity contribution in [2.75, 3.05) is 19.8 Å². The second-order valence-electron chi connectivity index (χ2n) is 3.53. The quantitative estimate of drug-likeness (QED) is 0.455. The Kier molecular flexibility index (Phi) is 6.64. The summed E-state index contributed by atoms with van der Waals surface area (Å²) in [6.45, 7) is 4.17. The summed E-state index contributed by atoms with van der Waals surface area (Å²) in [4.78, 5) is 22.2. The molecule has 6 nitrogen and oxygen atoms in total. The molecule has 0 aliphatic rings. The van der Waals surface area contributed by atoms with Gasteiger partial charge in [0.05, 0.1) is 6.61 Å². The first kappa shape index (κ1) is 13.9. The number of rotatable bonds is 7. The summed E-state index contributed by atoms with van der Waals surface area (Å²) in [5.74, 6) is -0.945. The van der Waals surface area contributed by atoms with E-state index in [4.69, 9.17) is 16.2 Å². The zero-order chi connectivity index (χ0) is 11.8. The average Bonchev–Trinajstić information content (AvgIpc) is 2.13. The van der Waals surface area contributed by atoms with Crippen LogP contribution in [0, 0.1) is 5.92 Å². The van der Waals surface area contributed by atoms with Crippen LogP contribution < -0.4 is 16.8 Å². The third-order valence-electron chi connectivity index (χ3n) is 1.79. The molecule has 2 amide bonds. The van der Waals surface area contributed by atoms with Crippen molar-refractivity contribution in [3.8, 4) is 0 Å². The topological polar surface area (TPSA) is 107 Å². The van der Waals surface area contributed by atoms with E-state index in [1.165, 1.54) is 0 Å². The predicted octanol–water partition coefficient (Wildman–Crippen LogP) is -1.41. The summed E-state index contributed by atoms with van der Waals surface area (Å²) >= 11 is 0. The van der Waals surface area contributed by atoms with Gasteiger partial charge in [-0.25, -0.2) is 0 Å². The van der Waals surface area contributed by atoms with Crippen LogP contribution in [0.3, 0.4) is 0 Å². The highest BCUT2D eigenvalue weighted by Crippen LogP contribution is 2.00. The first-order chi connectivity index (χ1) is 6.99. The Labute approximate surface area is 89.3 Å². The fraction of sp³-hybridized carbons (Fsp3) is 0.778. The van der Waals surface area contributed by atoms with Crippen LogP contribution in [0.2, 0.25) is 0 Å². The SMILES string of the molecule is CC(C)C(NC(=O)COCCN)C(N)=O. The number of hydrogen-bond acceptors (Lipinski definition) is 4. The molecule has 0 radical (unpaired) electrons. The molecule has 0 heterocycles. The van der Waals surface area contributed by atoms with Crippen molar-refractivity contribution >= 4 is 11.8 Å². The third-order valence-corrected chi connectivity index (χ3v) is 1.79. The Morgan fingerprint density at radius 1 is 1.40 bits per heavy atom. The number of ether oxygens (including phenoxy) is 1. The van der Waals surface area contributed by atoms with E-state index in [0.717, 1.165) is 0 Å². The molecule has 1 atom stereocenters. The molecule has 0 rings (SSSR count). The maximum atomic E-state index is 11.3. The normalized spacial score (nSPS) is 12.5. The van der Waals surface area contributed by atoms with Gasteiger partial charge in [-0.05, 0) is 5.92 Å².